The van der Waals surface area contributed by atoms with Crippen LogP contribution in [0.25, 0.3) is 11.3 Å². The minimum atomic E-state index is -0.0494. The average molecular weight is 424 g/mol. The highest BCUT2D eigenvalue weighted by Gasteiger charge is 2.15. The summed E-state index contributed by atoms with van der Waals surface area (Å²) in [5.41, 5.74) is 3.91. The molecule has 158 valence electrons. The number of rotatable bonds is 9. The van der Waals surface area contributed by atoms with Crippen LogP contribution in [0.1, 0.15) is 21.9 Å². The molecule has 0 spiro atoms. The summed E-state index contributed by atoms with van der Waals surface area (Å²) in [6, 6.07) is 15.8. The smallest absolute Gasteiger partial charge is 0.229 e. The summed E-state index contributed by atoms with van der Waals surface area (Å²) in [5.74, 6) is 0.762. The van der Waals surface area contributed by atoms with Crippen LogP contribution >= 0.6 is 11.3 Å². The van der Waals surface area contributed by atoms with E-state index in [0.29, 0.717) is 13.0 Å². The fourth-order valence-electron chi connectivity index (χ4n) is 3.08. The van der Waals surface area contributed by atoms with Crippen LogP contribution in [0.4, 0.5) is 5.69 Å². The molecule has 0 unspecified atom stereocenters. The summed E-state index contributed by atoms with van der Waals surface area (Å²) in [7, 11) is 4.10. The van der Waals surface area contributed by atoms with E-state index < -0.39 is 0 Å². The minimum absolute atomic E-state index is 0.0494. The van der Waals surface area contributed by atoms with Gasteiger partial charge in [-0.3, -0.25) is 4.79 Å². The molecular weight excluding hydrogens is 394 g/mol. The quantitative estimate of drug-likeness (QED) is 0.496. The van der Waals surface area contributed by atoms with E-state index in [1.165, 1.54) is 5.56 Å². The van der Waals surface area contributed by atoms with Crippen LogP contribution in [0.15, 0.2) is 48.5 Å². The monoisotopic (exact) mass is 423 g/mol. The van der Waals surface area contributed by atoms with Gasteiger partial charge in [0.15, 0.2) is 0 Å². The van der Waals surface area contributed by atoms with Crippen molar-refractivity contribution in [3.63, 3.8) is 0 Å². The third-order valence-electron chi connectivity index (χ3n) is 4.61. The second kappa shape index (κ2) is 10.4. The number of nitrogens with zero attached hydrogens (tertiary/aromatic N) is 2. The molecule has 0 bridgehead atoms. The molecule has 0 saturated carbocycles. The summed E-state index contributed by atoms with van der Waals surface area (Å²) < 4.78 is 5.74. The maximum atomic E-state index is 12.6. The number of carbonyl (C=O) groups is 1. The Bertz CT molecular complexity index is 963. The van der Waals surface area contributed by atoms with Crippen molar-refractivity contribution in [2.75, 3.05) is 32.6 Å². The van der Waals surface area contributed by atoms with Crippen LogP contribution in [0.5, 0.6) is 5.75 Å². The first kappa shape index (κ1) is 22.0. The van der Waals surface area contributed by atoms with E-state index in [1.807, 2.05) is 31.2 Å². The molecule has 0 radical (unpaired) electrons. The van der Waals surface area contributed by atoms with Crippen LogP contribution in [0.2, 0.25) is 0 Å². The summed E-state index contributed by atoms with van der Waals surface area (Å²) in [4.78, 5) is 20.4. The highest BCUT2D eigenvalue weighted by atomic mass is 32.1. The number of hydrogen-bond acceptors (Lipinski definition) is 5. The van der Waals surface area contributed by atoms with Gasteiger partial charge in [-0.25, -0.2) is 4.98 Å². The number of aromatic nitrogens is 1. The standard InChI is InChI=1S/C24H29N3O2S/c1-17-6-8-19(9-7-17)24-22(30-18(2)25-24)16-23(28)26-20-10-12-21(13-11-20)29-15-5-14-27(3)4/h6-13H,5,14-16H2,1-4H3,(H,26,28). The Morgan fingerprint density at radius 2 is 1.77 bits per heavy atom. The maximum absolute atomic E-state index is 12.6. The lowest BCUT2D eigenvalue weighted by molar-refractivity contribution is -0.115. The lowest BCUT2D eigenvalue weighted by Crippen LogP contribution is -2.15. The van der Waals surface area contributed by atoms with Gasteiger partial charge in [0.2, 0.25) is 5.91 Å². The van der Waals surface area contributed by atoms with Crippen LogP contribution in [0, 0.1) is 13.8 Å². The highest BCUT2D eigenvalue weighted by Crippen LogP contribution is 2.29. The van der Waals surface area contributed by atoms with E-state index in [2.05, 4.69) is 60.5 Å². The van der Waals surface area contributed by atoms with E-state index in [9.17, 15) is 4.79 Å². The number of anilines is 1. The Hall–Kier alpha value is -2.70. The summed E-state index contributed by atoms with van der Waals surface area (Å²) in [5, 5.41) is 3.94. The second-order valence-corrected chi connectivity index (χ2v) is 8.91. The number of aryl methyl sites for hydroxylation is 2. The van der Waals surface area contributed by atoms with Gasteiger partial charge in [0.05, 0.1) is 23.7 Å². The van der Waals surface area contributed by atoms with Crippen molar-refractivity contribution in [3.8, 4) is 17.0 Å². The van der Waals surface area contributed by atoms with Gasteiger partial charge in [-0.15, -0.1) is 11.3 Å². The van der Waals surface area contributed by atoms with Crippen molar-refractivity contribution in [1.82, 2.24) is 9.88 Å². The van der Waals surface area contributed by atoms with Crippen LogP contribution in [-0.4, -0.2) is 43.0 Å². The minimum Gasteiger partial charge on any atom is -0.494 e. The molecular formula is C24H29N3O2S. The molecule has 2 aromatic carbocycles. The number of amides is 1. The Morgan fingerprint density at radius 3 is 2.43 bits per heavy atom. The summed E-state index contributed by atoms with van der Waals surface area (Å²) in [6.45, 7) is 5.71. The zero-order chi connectivity index (χ0) is 21.5. The van der Waals surface area contributed by atoms with E-state index in [0.717, 1.165) is 45.5 Å². The van der Waals surface area contributed by atoms with Crippen LogP contribution in [0.3, 0.4) is 0 Å². The zero-order valence-electron chi connectivity index (χ0n) is 18.1. The van der Waals surface area contributed by atoms with Crippen LogP contribution < -0.4 is 10.1 Å². The number of carbonyl (C=O) groups excluding carboxylic acids is 1. The van der Waals surface area contributed by atoms with Crippen molar-refractivity contribution < 1.29 is 9.53 Å². The van der Waals surface area contributed by atoms with Gasteiger partial charge >= 0.3 is 0 Å². The molecule has 3 aromatic rings. The summed E-state index contributed by atoms with van der Waals surface area (Å²) in [6.07, 6.45) is 1.28. The number of ether oxygens (including phenoxy) is 1. The van der Waals surface area contributed by atoms with Gasteiger partial charge in [0.1, 0.15) is 5.75 Å². The molecule has 0 fully saturated rings. The van der Waals surface area contributed by atoms with Gasteiger partial charge in [0.25, 0.3) is 0 Å². The van der Waals surface area contributed by atoms with Crippen molar-refractivity contribution in [2.45, 2.75) is 26.7 Å². The molecule has 1 aromatic heterocycles. The fraction of sp³-hybridized carbons (Fsp3) is 0.333. The normalized spacial score (nSPS) is 11.0. The molecule has 5 nitrogen and oxygen atoms in total. The molecule has 0 atom stereocenters. The van der Waals surface area contributed by atoms with Gasteiger partial charge < -0.3 is 15.0 Å². The number of nitrogens with one attached hydrogen (secondary N) is 1. The Labute approximate surface area is 182 Å². The molecule has 3 rings (SSSR count). The summed E-state index contributed by atoms with van der Waals surface area (Å²) >= 11 is 1.57. The predicted molar refractivity (Wildman–Crippen MR) is 124 cm³/mol. The van der Waals surface area contributed by atoms with Gasteiger partial charge in [-0.1, -0.05) is 29.8 Å². The van der Waals surface area contributed by atoms with Crippen molar-refractivity contribution in [2.24, 2.45) is 0 Å². The number of benzene rings is 2. The van der Waals surface area contributed by atoms with Crippen molar-refractivity contribution >= 4 is 22.9 Å². The molecule has 0 aliphatic heterocycles. The van der Waals surface area contributed by atoms with E-state index in [1.54, 1.807) is 11.3 Å². The molecule has 6 heteroatoms. The van der Waals surface area contributed by atoms with E-state index >= 15 is 0 Å². The second-order valence-electron chi connectivity index (χ2n) is 7.63. The predicted octanol–water partition coefficient (Wildman–Crippen LogP) is 4.94. The molecule has 1 N–H and O–H groups in total. The third kappa shape index (κ3) is 6.40. The molecule has 0 aliphatic carbocycles. The van der Waals surface area contributed by atoms with Gasteiger partial charge in [-0.2, -0.15) is 0 Å². The van der Waals surface area contributed by atoms with Crippen molar-refractivity contribution in [1.29, 1.82) is 0 Å². The van der Waals surface area contributed by atoms with Gasteiger partial charge in [-0.05, 0) is 58.6 Å². The highest BCUT2D eigenvalue weighted by molar-refractivity contribution is 7.12. The van der Waals surface area contributed by atoms with Crippen molar-refractivity contribution in [3.05, 3.63) is 64.0 Å². The lowest BCUT2D eigenvalue weighted by Gasteiger charge is -2.11. The average Bonchev–Trinajstić information content (AvgIpc) is 3.06. The number of thiazole rings is 1. The molecule has 0 saturated heterocycles. The Morgan fingerprint density at radius 1 is 1.07 bits per heavy atom. The Balaban J connectivity index is 1.58. The molecule has 1 heterocycles. The van der Waals surface area contributed by atoms with E-state index in [-0.39, 0.29) is 5.91 Å². The first-order valence-corrected chi connectivity index (χ1v) is 10.9. The SMILES string of the molecule is Cc1ccc(-c2nc(C)sc2CC(=O)Nc2ccc(OCCCN(C)C)cc2)cc1. The largest absolute Gasteiger partial charge is 0.494 e. The Kier molecular flexibility index (Phi) is 7.60. The molecule has 0 aliphatic rings. The van der Waals surface area contributed by atoms with E-state index in [4.69, 9.17) is 4.74 Å². The zero-order valence-corrected chi connectivity index (χ0v) is 18.9. The molecule has 30 heavy (non-hydrogen) atoms. The number of hydrogen-bond donors (Lipinski definition) is 1. The molecule has 1 amide bonds. The third-order valence-corrected chi connectivity index (χ3v) is 5.58. The maximum Gasteiger partial charge on any atom is 0.229 e. The van der Waals surface area contributed by atoms with Gasteiger partial charge in [0, 0.05) is 22.7 Å². The first-order chi connectivity index (χ1) is 14.4. The topological polar surface area (TPSA) is 54.5 Å². The fourth-order valence-corrected chi connectivity index (χ4v) is 4.04. The lowest BCUT2D eigenvalue weighted by atomic mass is 10.1. The van der Waals surface area contributed by atoms with Crippen LogP contribution in [-0.2, 0) is 11.2 Å². The first-order valence-electron chi connectivity index (χ1n) is 10.1.